The van der Waals surface area contributed by atoms with Gasteiger partial charge in [-0.1, -0.05) is 13.0 Å². The van der Waals surface area contributed by atoms with Gasteiger partial charge >= 0.3 is 5.69 Å². The minimum absolute atomic E-state index is 0.0141. The van der Waals surface area contributed by atoms with E-state index in [1.54, 1.807) is 0 Å². The Balaban J connectivity index is 2.84. The first kappa shape index (κ1) is 15.7. The molecule has 0 aliphatic rings. The second-order valence-electron chi connectivity index (χ2n) is 3.78. The van der Waals surface area contributed by atoms with Crippen molar-refractivity contribution in [2.24, 2.45) is 0 Å². The number of alkyl halides is 1. The minimum atomic E-state index is -3.16. The lowest BCUT2D eigenvalue weighted by molar-refractivity contribution is -0.385. The number of rotatable bonds is 7. The largest absolute Gasteiger partial charge is 0.486 e. The molecule has 1 rings (SSSR count). The average molecular weight is 308 g/mol. The predicted molar refractivity (Wildman–Crippen MR) is 72.5 cm³/mol. The van der Waals surface area contributed by atoms with Crippen molar-refractivity contribution in [3.05, 3.63) is 33.9 Å². The smallest absolute Gasteiger partial charge is 0.310 e. The Hall–Kier alpha value is -1.34. The summed E-state index contributed by atoms with van der Waals surface area (Å²) in [6.07, 6.45) is 0. The Kier molecular flexibility index (Phi) is 5.56. The van der Waals surface area contributed by atoms with Crippen molar-refractivity contribution in [3.8, 4) is 5.75 Å². The first-order valence-electron chi connectivity index (χ1n) is 5.56. The number of benzene rings is 1. The van der Waals surface area contributed by atoms with Gasteiger partial charge in [0, 0.05) is 17.7 Å². The molecule has 19 heavy (non-hydrogen) atoms. The Morgan fingerprint density at radius 2 is 2.11 bits per heavy atom. The first-order chi connectivity index (χ1) is 8.89. The summed E-state index contributed by atoms with van der Waals surface area (Å²) in [6, 6.07) is 4.27. The van der Waals surface area contributed by atoms with E-state index in [9.17, 15) is 18.5 Å². The Labute approximate surface area is 116 Å². The van der Waals surface area contributed by atoms with Crippen molar-refractivity contribution < 1.29 is 18.1 Å². The van der Waals surface area contributed by atoms with E-state index in [-0.39, 0.29) is 35.4 Å². The van der Waals surface area contributed by atoms with Crippen LogP contribution < -0.4 is 4.74 Å². The van der Waals surface area contributed by atoms with Crippen molar-refractivity contribution in [2.75, 3.05) is 18.1 Å². The maximum Gasteiger partial charge on any atom is 0.310 e. The molecule has 0 amide bonds. The highest BCUT2D eigenvalue weighted by atomic mass is 35.5. The van der Waals surface area contributed by atoms with Crippen LogP contribution in [0.15, 0.2) is 18.2 Å². The standard InChI is InChI=1S/C11H14ClNO5S/c1-2-19(16,17)6-5-18-11-7-9(8-12)3-4-10(11)13(14)15/h3-4,7H,2,5-6,8H2,1H3. The lowest BCUT2D eigenvalue weighted by Crippen LogP contribution is -2.16. The zero-order valence-corrected chi connectivity index (χ0v) is 11.9. The fourth-order valence-corrected chi connectivity index (χ4v) is 2.12. The number of hydrogen-bond acceptors (Lipinski definition) is 5. The molecule has 0 saturated heterocycles. The SMILES string of the molecule is CCS(=O)(=O)CCOc1cc(CCl)ccc1[N+](=O)[O-]. The van der Waals surface area contributed by atoms with Crippen LogP contribution in [0.2, 0.25) is 0 Å². The van der Waals surface area contributed by atoms with E-state index < -0.39 is 14.8 Å². The van der Waals surface area contributed by atoms with Crippen LogP contribution in [0.3, 0.4) is 0 Å². The summed E-state index contributed by atoms with van der Waals surface area (Å²) >= 11 is 5.64. The normalized spacial score (nSPS) is 11.3. The summed E-state index contributed by atoms with van der Waals surface area (Å²) in [5, 5.41) is 10.8. The van der Waals surface area contributed by atoms with Crippen LogP contribution in [0.1, 0.15) is 12.5 Å². The summed E-state index contributed by atoms with van der Waals surface area (Å²) in [7, 11) is -3.16. The average Bonchev–Trinajstić information content (AvgIpc) is 2.38. The quantitative estimate of drug-likeness (QED) is 0.437. The molecule has 0 radical (unpaired) electrons. The molecule has 0 N–H and O–H groups in total. The third-order valence-corrected chi connectivity index (χ3v) is 4.44. The number of nitro benzene ring substituents is 1. The lowest BCUT2D eigenvalue weighted by atomic mass is 10.2. The monoisotopic (exact) mass is 307 g/mol. The molecule has 0 aliphatic heterocycles. The molecule has 1 aromatic rings. The zero-order chi connectivity index (χ0) is 14.5. The van der Waals surface area contributed by atoms with Gasteiger partial charge in [-0.25, -0.2) is 8.42 Å². The Bertz CT molecular complexity index is 558. The molecular formula is C11H14ClNO5S. The van der Waals surface area contributed by atoms with Gasteiger partial charge in [-0.05, 0) is 11.6 Å². The van der Waals surface area contributed by atoms with Crippen molar-refractivity contribution in [3.63, 3.8) is 0 Å². The summed E-state index contributed by atoms with van der Waals surface area (Å²) in [6.45, 7) is 1.41. The van der Waals surface area contributed by atoms with Crippen molar-refractivity contribution in [1.29, 1.82) is 0 Å². The van der Waals surface area contributed by atoms with Gasteiger partial charge in [0.25, 0.3) is 0 Å². The van der Waals surface area contributed by atoms with Gasteiger partial charge in [0.2, 0.25) is 0 Å². The molecule has 106 valence electrons. The summed E-state index contributed by atoms with van der Waals surface area (Å²) in [5.74, 6) is 0.0718. The molecule has 6 nitrogen and oxygen atoms in total. The highest BCUT2D eigenvalue weighted by molar-refractivity contribution is 7.91. The number of sulfone groups is 1. The van der Waals surface area contributed by atoms with Gasteiger partial charge in [-0.2, -0.15) is 0 Å². The number of halogens is 1. The van der Waals surface area contributed by atoms with Crippen LogP contribution >= 0.6 is 11.6 Å². The van der Waals surface area contributed by atoms with Gasteiger partial charge in [-0.15, -0.1) is 11.6 Å². The fraction of sp³-hybridized carbons (Fsp3) is 0.455. The summed E-state index contributed by atoms with van der Waals surface area (Å²) in [5.41, 5.74) is 0.461. The second-order valence-corrected chi connectivity index (χ2v) is 6.52. The summed E-state index contributed by atoms with van der Waals surface area (Å²) in [4.78, 5) is 10.2. The molecule has 0 bridgehead atoms. The molecule has 0 atom stereocenters. The van der Waals surface area contributed by atoms with Crippen molar-refractivity contribution >= 4 is 27.1 Å². The van der Waals surface area contributed by atoms with E-state index in [4.69, 9.17) is 16.3 Å². The maximum atomic E-state index is 11.3. The van der Waals surface area contributed by atoms with Gasteiger partial charge < -0.3 is 4.74 Å². The first-order valence-corrected chi connectivity index (χ1v) is 7.91. The molecule has 0 unspecified atom stereocenters. The lowest BCUT2D eigenvalue weighted by Gasteiger charge is -2.08. The molecule has 0 aromatic heterocycles. The molecule has 8 heteroatoms. The van der Waals surface area contributed by atoms with E-state index in [0.717, 1.165) is 0 Å². The molecular weight excluding hydrogens is 294 g/mol. The number of ether oxygens (including phenoxy) is 1. The van der Waals surface area contributed by atoms with Crippen LogP contribution in [-0.4, -0.2) is 31.5 Å². The Morgan fingerprint density at radius 3 is 2.63 bits per heavy atom. The van der Waals surface area contributed by atoms with Crippen LogP contribution in [0.25, 0.3) is 0 Å². The van der Waals surface area contributed by atoms with Crippen LogP contribution in [-0.2, 0) is 15.7 Å². The molecule has 0 aliphatic carbocycles. The highest BCUT2D eigenvalue weighted by Gasteiger charge is 2.16. The number of nitrogens with zero attached hydrogens (tertiary/aromatic N) is 1. The molecule has 0 saturated carbocycles. The van der Waals surface area contributed by atoms with E-state index in [2.05, 4.69) is 0 Å². The predicted octanol–water partition coefficient (Wildman–Crippen LogP) is 2.15. The Morgan fingerprint density at radius 1 is 1.42 bits per heavy atom. The molecule has 1 aromatic carbocycles. The highest BCUT2D eigenvalue weighted by Crippen LogP contribution is 2.28. The fourth-order valence-electron chi connectivity index (χ4n) is 1.33. The van der Waals surface area contributed by atoms with Gasteiger partial charge in [0.05, 0.1) is 10.7 Å². The van der Waals surface area contributed by atoms with Crippen molar-refractivity contribution in [1.82, 2.24) is 0 Å². The van der Waals surface area contributed by atoms with E-state index in [0.29, 0.717) is 5.56 Å². The van der Waals surface area contributed by atoms with Gasteiger partial charge in [-0.3, -0.25) is 10.1 Å². The van der Waals surface area contributed by atoms with Gasteiger partial charge in [0.1, 0.15) is 6.61 Å². The number of hydrogen-bond donors (Lipinski definition) is 0. The topological polar surface area (TPSA) is 86.5 Å². The molecule has 0 heterocycles. The van der Waals surface area contributed by atoms with E-state index >= 15 is 0 Å². The minimum Gasteiger partial charge on any atom is -0.486 e. The third-order valence-electron chi connectivity index (χ3n) is 2.47. The zero-order valence-electron chi connectivity index (χ0n) is 10.3. The number of nitro groups is 1. The molecule has 0 fully saturated rings. The van der Waals surface area contributed by atoms with Crippen LogP contribution in [0.5, 0.6) is 5.75 Å². The third kappa shape index (κ3) is 4.68. The van der Waals surface area contributed by atoms with Crippen LogP contribution in [0.4, 0.5) is 5.69 Å². The van der Waals surface area contributed by atoms with Crippen LogP contribution in [0, 0.1) is 10.1 Å². The van der Waals surface area contributed by atoms with Gasteiger partial charge in [0.15, 0.2) is 15.6 Å². The van der Waals surface area contributed by atoms with E-state index in [1.165, 1.54) is 25.1 Å². The summed E-state index contributed by atoms with van der Waals surface area (Å²) < 4.78 is 27.8. The van der Waals surface area contributed by atoms with Crippen molar-refractivity contribution in [2.45, 2.75) is 12.8 Å². The maximum absolute atomic E-state index is 11.3. The van der Waals surface area contributed by atoms with E-state index in [1.807, 2.05) is 0 Å². The molecule has 0 spiro atoms. The second kappa shape index (κ2) is 6.72.